The molecule has 0 spiro atoms. The van der Waals surface area contributed by atoms with Crippen LogP contribution in [0, 0.1) is 18.8 Å². The maximum Gasteiger partial charge on any atom is 0.405 e. The molecule has 8 atom stereocenters. The van der Waals surface area contributed by atoms with Crippen LogP contribution in [0.25, 0.3) is 11.2 Å². The Balaban J connectivity index is 0.843. The molecule has 4 aromatic rings. The van der Waals surface area contributed by atoms with Crippen LogP contribution < -0.4 is 54.2 Å². The minimum atomic E-state index is -1.74. The number of nitrogens with zero attached hydrogens (tertiary/aromatic N) is 5. The average molecular weight is 1150 g/mol. The van der Waals surface area contributed by atoms with Gasteiger partial charge in [0.15, 0.2) is 29.1 Å². The molecule has 17 N–H and O–H groups in total. The minimum Gasteiger partial charge on any atom is -0.505 e. The number of carbonyl (C=O) groups is 8. The predicted molar refractivity (Wildman–Crippen MR) is 291 cm³/mol. The number of hydrogen-bond donors (Lipinski definition) is 14. The first-order chi connectivity index (χ1) is 38.0. The van der Waals surface area contributed by atoms with Crippen molar-refractivity contribution < 1.29 is 68.6 Å². The van der Waals surface area contributed by atoms with Gasteiger partial charge in [0.1, 0.15) is 23.5 Å². The van der Waals surface area contributed by atoms with Crippen LogP contribution >= 0.6 is 21.6 Å². The molecule has 2 aliphatic heterocycles. The quantitative estimate of drug-likeness (QED) is 0.0171. The topological polar surface area (TPSA) is 472 Å². The zero-order valence-electron chi connectivity index (χ0n) is 42.7. The number of phenols is 2. The van der Waals surface area contributed by atoms with Gasteiger partial charge in [0.25, 0.3) is 11.5 Å². The normalized spacial score (nSPS) is 18.3. The SMILES string of the molecule is C=C(SSCC=Nc1c(C)c(O)c2c(c1O)C(OC(N)=O)C1C3CCC3CN21)C(NC(=O)C(CCC(=O)O)NC(=O)C(N)CCNC(=O)CCC(NC(=O)c1ccc(NCc2cnc3nc(N)[nH]c(=O)c3n2)cc1)C(=O)O)C(=O)O. The number of amides is 5. The number of nitrogens with two attached hydrogens (primary N) is 3. The van der Waals surface area contributed by atoms with Crippen LogP contribution in [0.3, 0.4) is 0 Å². The van der Waals surface area contributed by atoms with Crippen LogP contribution in [0.1, 0.15) is 78.2 Å². The summed E-state index contributed by atoms with van der Waals surface area (Å²) in [6.07, 6.45) is 0.739. The summed E-state index contributed by atoms with van der Waals surface area (Å²) in [6.45, 7) is 5.90. The summed E-state index contributed by atoms with van der Waals surface area (Å²) in [4.78, 5) is 133. The number of aromatic amines is 1. The number of benzene rings is 2. The van der Waals surface area contributed by atoms with Gasteiger partial charge in [-0.3, -0.25) is 38.7 Å². The molecule has 7 rings (SSSR count). The zero-order valence-corrected chi connectivity index (χ0v) is 44.3. The van der Waals surface area contributed by atoms with Crippen molar-refractivity contribution in [1.29, 1.82) is 0 Å². The Morgan fingerprint density at radius 3 is 2.34 bits per heavy atom. The number of aliphatic carboxylic acids is 3. The standard InChI is InChI=1S/C49H58N14O15S2/c1-20-33(39(68)32-37(38(20)67)63-19-23-5-8-26(23)36(63)40(32)78-49(52)77)54-15-16-79-80-21(2)34(47(75)76)60-44(71)28(10-12-31(65)66)58-43(70)27(50)13-14-53-30(64)11-9-29(46(73)74)59-42(69)22-3-6-24(7-4-22)55-17-25-18-56-41-35(57-25)45(72)62-48(51)61-41/h3-4,6-7,15,18,23,26-29,34,36,40,55,67-68H,2,5,8-14,16-17,19,50H2,1H3,(H2,52,77)(H,53,64)(H,58,70)(H,59,69)(H,60,71)(H,65,66)(H,73,74)(H,75,76)(H3,51,56,61,62,72). The van der Waals surface area contributed by atoms with Crippen LogP contribution in [-0.4, -0.2) is 148 Å². The monoisotopic (exact) mass is 1150 g/mol. The molecule has 8 unspecified atom stereocenters. The summed E-state index contributed by atoms with van der Waals surface area (Å²) in [5.41, 5.74) is 18.4. The van der Waals surface area contributed by atoms with E-state index < -0.39 is 96.3 Å². The van der Waals surface area contributed by atoms with Crippen molar-refractivity contribution in [2.75, 3.05) is 34.8 Å². The lowest BCUT2D eigenvalue weighted by Crippen LogP contribution is -2.55. The van der Waals surface area contributed by atoms with Gasteiger partial charge in [0.2, 0.25) is 23.7 Å². The van der Waals surface area contributed by atoms with E-state index in [1.807, 2.05) is 4.90 Å². The van der Waals surface area contributed by atoms with E-state index in [4.69, 9.17) is 21.9 Å². The molecule has 1 saturated heterocycles. The van der Waals surface area contributed by atoms with E-state index in [2.05, 4.69) is 58.1 Å². The number of phenolic OH excluding ortho intramolecular Hbond substituents is 2. The number of H-pyrrole nitrogens is 1. The lowest BCUT2D eigenvalue weighted by molar-refractivity contribution is -0.141. The Kier molecular flexibility index (Phi) is 19.0. The van der Waals surface area contributed by atoms with Crippen LogP contribution in [0.2, 0.25) is 0 Å². The second-order valence-corrected chi connectivity index (χ2v) is 21.4. The number of nitrogens with one attached hydrogen (secondary N) is 6. The molecular formula is C49H58N14O15S2. The second-order valence-electron chi connectivity index (χ2n) is 18.9. The molecule has 1 saturated carbocycles. The lowest BCUT2D eigenvalue weighted by atomic mass is 9.71. The number of hydrogen-bond acceptors (Lipinski definition) is 22. The second kappa shape index (κ2) is 25.8. The van der Waals surface area contributed by atoms with E-state index in [1.165, 1.54) is 24.5 Å². The number of ether oxygens (including phenoxy) is 1. The Hall–Kier alpha value is -8.71. The molecule has 2 fully saturated rings. The maximum absolute atomic E-state index is 13.4. The number of carboxylic acids is 3. The molecule has 4 heterocycles. The molecule has 3 aliphatic rings. The zero-order chi connectivity index (χ0) is 58.1. The number of primary amides is 1. The van der Waals surface area contributed by atoms with E-state index in [0.717, 1.165) is 34.4 Å². The van der Waals surface area contributed by atoms with Crippen LogP contribution in [0.5, 0.6) is 11.5 Å². The van der Waals surface area contributed by atoms with Crippen LogP contribution in [0.15, 0.2) is 51.7 Å². The molecule has 2 aromatic heterocycles. The van der Waals surface area contributed by atoms with Gasteiger partial charge in [-0.05, 0) is 75.1 Å². The molecule has 0 bridgehead atoms. The number of aromatic nitrogens is 4. The Morgan fingerprint density at radius 1 is 0.950 bits per heavy atom. The number of carboxylic acid groups (broad SMARTS) is 3. The van der Waals surface area contributed by atoms with Crippen molar-refractivity contribution in [1.82, 2.24) is 41.2 Å². The van der Waals surface area contributed by atoms with Crippen LogP contribution in [0.4, 0.5) is 27.8 Å². The molecule has 31 heteroatoms. The number of anilines is 3. The average Bonchev–Trinajstić information content (AvgIpc) is 3.68. The van der Waals surface area contributed by atoms with Crippen molar-refractivity contribution in [3.8, 4) is 11.5 Å². The van der Waals surface area contributed by atoms with Gasteiger partial charge in [-0.15, -0.1) is 0 Å². The van der Waals surface area contributed by atoms with Gasteiger partial charge in [-0.1, -0.05) is 28.2 Å². The fourth-order valence-corrected chi connectivity index (χ4v) is 11.2. The van der Waals surface area contributed by atoms with Crippen molar-refractivity contribution in [2.24, 2.45) is 28.3 Å². The molecule has 426 valence electrons. The molecular weight excluding hydrogens is 1090 g/mol. The smallest absolute Gasteiger partial charge is 0.405 e. The van der Waals surface area contributed by atoms with E-state index in [1.54, 1.807) is 19.1 Å². The highest BCUT2D eigenvalue weighted by molar-refractivity contribution is 8.78. The molecule has 80 heavy (non-hydrogen) atoms. The number of aromatic hydroxyl groups is 2. The van der Waals surface area contributed by atoms with Gasteiger partial charge in [-0.2, -0.15) is 4.98 Å². The van der Waals surface area contributed by atoms with Crippen molar-refractivity contribution in [3.63, 3.8) is 0 Å². The molecule has 0 radical (unpaired) electrons. The van der Waals surface area contributed by atoms with Crippen LogP contribution in [-0.2, 0) is 40.0 Å². The van der Waals surface area contributed by atoms with E-state index in [9.17, 15) is 68.7 Å². The fourth-order valence-electron chi connectivity index (χ4n) is 9.49. The highest BCUT2D eigenvalue weighted by Gasteiger charge is 2.58. The van der Waals surface area contributed by atoms with Gasteiger partial charge in [0, 0.05) is 59.6 Å². The van der Waals surface area contributed by atoms with Crippen molar-refractivity contribution in [3.05, 3.63) is 74.7 Å². The number of aliphatic imine (C=N–C) groups is 1. The Morgan fingerprint density at radius 2 is 1.68 bits per heavy atom. The molecule has 29 nitrogen and oxygen atoms in total. The van der Waals surface area contributed by atoms with E-state index >= 15 is 0 Å². The van der Waals surface area contributed by atoms with Gasteiger partial charge in [-0.25, -0.2) is 24.4 Å². The highest BCUT2D eigenvalue weighted by Crippen LogP contribution is 2.62. The third-order valence-electron chi connectivity index (χ3n) is 13.6. The summed E-state index contributed by atoms with van der Waals surface area (Å²) < 4.78 is 5.50. The first kappa shape index (κ1) is 59.0. The fraction of sp³-hybridized carbons (Fsp3) is 0.408. The third-order valence-corrected chi connectivity index (χ3v) is 15.9. The van der Waals surface area contributed by atoms with Gasteiger partial charge >= 0.3 is 24.0 Å². The predicted octanol–water partition coefficient (Wildman–Crippen LogP) is 1.01. The summed E-state index contributed by atoms with van der Waals surface area (Å²) >= 11 is 0. The maximum atomic E-state index is 13.4. The summed E-state index contributed by atoms with van der Waals surface area (Å²) in [5.74, 6) is -7.57. The van der Waals surface area contributed by atoms with Crippen molar-refractivity contribution in [2.45, 2.75) is 94.7 Å². The molecule has 2 aromatic carbocycles. The third kappa shape index (κ3) is 13.9. The van der Waals surface area contributed by atoms with Gasteiger partial charge in [0.05, 0.1) is 41.8 Å². The number of nitrogen functional groups attached to an aromatic ring is 1. The minimum absolute atomic E-state index is 0.000751. The first-order valence-corrected chi connectivity index (χ1v) is 27.1. The lowest BCUT2D eigenvalue weighted by Gasteiger charge is -2.34. The number of rotatable bonds is 27. The Labute approximate surface area is 461 Å². The molecule has 1 aliphatic carbocycles. The summed E-state index contributed by atoms with van der Waals surface area (Å²) in [7, 11) is 1.91. The number of fused-ring (bicyclic) bond motifs is 6. The Bertz CT molecular complexity index is 3200. The van der Waals surface area contributed by atoms with Gasteiger partial charge < -0.3 is 79.0 Å². The largest absolute Gasteiger partial charge is 0.505 e. The number of carbonyl (C=O) groups excluding carboxylic acids is 5. The summed E-state index contributed by atoms with van der Waals surface area (Å²) in [6, 6.07) is -0.492. The van der Waals surface area contributed by atoms with E-state index in [-0.39, 0.29) is 106 Å². The molecule has 5 amide bonds. The van der Waals surface area contributed by atoms with Crippen molar-refractivity contribution >= 4 is 110 Å². The highest BCUT2D eigenvalue weighted by atomic mass is 33.1. The first-order valence-electron chi connectivity index (χ1n) is 24.8. The summed E-state index contributed by atoms with van der Waals surface area (Å²) in [5, 5.41) is 64.5. The van der Waals surface area contributed by atoms with E-state index in [0.29, 0.717) is 29.5 Å².